The zero-order chi connectivity index (χ0) is 9.26. The molecule has 0 fully saturated rings. The van der Waals surface area contributed by atoms with Gasteiger partial charge in [0.2, 0.25) is 0 Å². The van der Waals surface area contributed by atoms with Crippen molar-refractivity contribution < 1.29 is 0 Å². The molecule has 0 radical (unpaired) electrons. The van der Waals surface area contributed by atoms with Crippen LogP contribution in [0.4, 0.5) is 0 Å². The van der Waals surface area contributed by atoms with Crippen molar-refractivity contribution >= 4 is 0 Å². The van der Waals surface area contributed by atoms with E-state index >= 15 is 0 Å². The van der Waals surface area contributed by atoms with E-state index in [9.17, 15) is 4.79 Å². The lowest BCUT2D eigenvalue weighted by Crippen LogP contribution is -2.13. The highest BCUT2D eigenvalue weighted by Gasteiger charge is 2.05. The summed E-state index contributed by atoms with van der Waals surface area (Å²) in [7, 11) is 1.67. The lowest BCUT2D eigenvalue weighted by molar-refractivity contribution is 0.869. The standard InChI is InChI=1S/C8H8N4O/c1-12-7(10-11-8(12)13)6-2-4-9-5-3-6/h2-5H,1H3,(H,11,13). The molecule has 13 heavy (non-hydrogen) atoms. The number of aromatic amines is 1. The largest absolute Gasteiger partial charge is 0.343 e. The van der Waals surface area contributed by atoms with E-state index in [1.165, 1.54) is 4.57 Å². The lowest BCUT2D eigenvalue weighted by atomic mass is 10.2. The molecule has 2 rings (SSSR count). The molecule has 1 N–H and O–H groups in total. The van der Waals surface area contributed by atoms with Gasteiger partial charge in [-0.2, -0.15) is 5.10 Å². The number of H-pyrrole nitrogens is 1. The van der Waals surface area contributed by atoms with Crippen LogP contribution in [0.2, 0.25) is 0 Å². The van der Waals surface area contributed by atoms with E-state index in [2.05, 4.69) is 15.2 Å². The van der Waals surface area contributed by atoms with Crippen molar-refractivity contribution in [2.45, 2.75) is 0 Å². The Bertz CT molecular complexity index is 456. The van der Waals surface area contributed by atoms with Gasteiger partial charge in [-0.1, -0.05) is 0 Å². The molecule has 0 spiro atoms. The van der Waals surface area contributed by atoms with Crippen molar-refractivity contribution in [1.29, 1.82) is 0 Å². The maximum atomic E-state index is 11.0. The van der Waals surface area contributed by atoms with Gasteiger partial charge in [-0.15, -0.1) is 0 Å². The first-order valence-electron chi connectivity index (χ1n) is 3.81. The molecule has 0 bridgehead atoms. The number of hydrogen-bond donors (Lipinski definition) is 1. The Morgan fingerprint density at radius 3 is 2.62 bits per heavy atom. The second kappa shape index (κ2) is 2.85. The number of pyridine rings is 1. The van der Waals surface area contributed by atoms with Crippen LogP contribution in [0.5, 0.6) is 0 Å². The average Bonchev–Trinajstić information content (AvgIpc) is 2.49. The summed E-state index contributed by atoms with van der Waals surface area (Å²) >= 11 is 0. The molecule has 0 saturated heterocycles. The third-order valence-electron chi connectivity index (χ3n) is 1.82. The van der Waals surface area contributed by atoms with Crippen LogP contribution in [0, 0.1) is 0 Å². The van der Waals surface area contributed by atoms with Crippen molar-refractivity contribution in [1.82, 2.24) is 19.7 Å². The van der Waals surface area contributed by atoms with E-state index in [1.54, 1.807) is 31.6 Å². The predicted octanol–water partition coefficient (Wildman–Crippen LogP) is 0.170. The Kier molecular flexibility index (Phi) is 1.70. The molecule has 0 aliphatic rings. The van der Waals surface area contributed by atoms with E-state index in [0.29, 0.717) is 5.82 Å². The van der Waals surface area contributed by atoms with Crippen LogP contribution in [0.3, 0.4) is 0 Å². The molecule has 2 heterocycles. The van der Waals surface area contributed by atoms with Crippen molar-refractivity contribution in [3.63, 3.8) is 0 Å². The van der Waals surface area contributed by atoms with Crippen molar-refractivity contribution in [3.05, 3.63) is 35.0 Å². The highest BCUT2D eigenvalue weighted by molar-refractivity contribution is 5.53. The van der Waals surface area contributed by atoms with Gasteiger partial charge in [-0.05, 0) is 12.1 Å². The maximum Gasteiger partial charge on any atom is 0.343 e. The summed E-state index contributed by atoms with van der Waals surface area (Å²) in [5, 5.41) is 6.26. The van der Waals surface area contributed by atoms with Gasteiger partial charge in [-0.3, -0.25) is 9.55 Å². The van der Waals surface area contributed by atoms with E-state index < -0.39 is 0 Å². The second-order valence-corrected chi connectivity index (χ2v) is 2.65. The van der Waals surface area contributed by atoms with Gasteiger partial charge in [0.05, 0.1) is 0 Å². The van der Waals surface area contributed by atoms with E-state index in [-0.39, 0.29) is 5.69 Å². The van der Waals surface area contributed by atoms with Gasteiger partial charge in [0.15, 0.2) is 5.82 Å². The Labute approximate surface area is 74.1 Å². The number of nitrogens with one attached hydrogen (secondary N) is 1. The molecule has 2 aromatic heterocycles. The first-order valence-corrected chi connectivity index (χ1v) is 3.81. The molecular formula is C8H8N4O. The molecule has 5 heteroatoms. The minimum atomic E-state index is -0.216. The summed E-state index contributed by atoms with van der Waals surface area (Å²) in [6.45, 7) is 0. The summed E-state index contributed by atoms with van der Waals surface area (Å²) in [6.07, 6.45) is 3.32. The second-order valence-electron chi connectivity index (χ2n) is 2.65. The molecule has 0 aromatic carbocycles. The van der Waals surface area contributed by atoms with E-state index in [0.717, 1.165) is 5.56 Å². The van der Waals surface area contributed by atoms with Crippen LogP contribution >= 0.6 is 0 Å². The summed E-state index contributed by atoms with van der Waals surface area (Å²) in [5.41, 5.74) is 0.655. The number of aromatic nitrogens is 4. The van der Waals surface area contributed by atoms with E-state index in [1.807, 2.05) is 0 Å². The van der Waals surface area contributed by atoms with Crippen LogP contribution in [0.25, 0.3) is 11.4 Å². The Balaban J connectivity index is 2.60. The molecule has 0 aliphatic carbocycles. The van der Waals surface area contributed by atoms with Crippen molar-refractivity contribution in [2.75, 3.05) is 0 Å². The van der Waals surface area contributed by atoms with Gasteiger partial charge in [0.25, 0.3) is 0 Å². The molecule has 0 atom stereocenters. The smallest absolute Gasteiger partial charge is 0.278 e. The van der Waals surface area contributed by atoms with E-state index in [4.69, 9.17) is 0 Å². The van der Waals surface area contributed by atoms with Gasteiger partial charge in [0.1, 0.15) is 0 Å². The fraction of sp³-hybridized carbons (Fsp3) is 0.125. The molecule has 0 unspecified atom stereocenters. The molecule has 0 saturated carbocycles. The maximum absolute atomic E-state index is 11.0. The number of nitrogens with zero attached hydrogens (tertiary/aromatic N) is 3. The van der Waals surface area contributed by atoms with Crippen LogP contribution in [0.15, 0.2) is 29.3 Å². The lowest BCUT2D eigenvalue weighted by Gasteiger charge is -1.96. The molecular weight excluding hydrogens is 168 g/mol. The first kappa shape index (κ1) is 7.72. The zero-order valence-electron chi connectivity index (χ0n) is 7.06. The number of hydrogen-bond acceptors (Lipinski definition) is 3. The SMILES string of the molecule is Cn1c(-c2ccncc2)n[nH]c1=O. The van der Waals surface area contributed by atoms with Gasteiger partial charge >= 0.3 is 5.69 Å². The predicted molar refractivity (Wildman–Crippen MR) is 47.1 cm³/mol. The van der Waals surface area contributed by atoms with Crippen molar-refractivity contribution in [2.24, 2.45) is 7.05 Å². The summed E-state index contributed by atoms with van der Waals surface area (Å²) in [4.78, 5) is 14.9. The average molecular weight is 176 g/mol. The third-order valence-corrected chi connectivity index (χ3v) is 1.82. The summed E-state index contributed by atoms with van der Waals surface area (Å²) in [5.74, 6) is 0.618. The number of rotatable bonds is 1. The van der Waals surface area contributed by atoms with Crippen LogP contribution < -0.4 is 5.69 Å². The zero-order valence-corrected chi connectivity index (χ0v) is 7.06. The van der Waals surface area contributed by atoms with Gasteiger partial charge < -0.3 is 0 Å². The Morgan fingerprint density at radius 2 is 2.08 bits per heavy atom. The molecule has 2 aromatic rings. The minimum absolute atomic E-state index is 0.216. The Morgan fingerprint density at radius 1 is 1.38 bits per heavy atom. The summed E-state index contributed by atoms with van der Waals surface area (Å²) in [6, 6.07) is 3.60. The molecule has 66 valence electrons. The van der Waals surface area contributed by atoms with Crippen molar-refractivity contribution in [3.8, 4) is 11.4 Å². The Hall–Kier alpha value is -1.91. The van der Waals surface area contributed by atoms with Gasteiger partial charge in [0, 0.05) is 25.0 Å². The highest BCUT2D eigenvalue weighted by Crippen LogP contribution is 2.11. The van der Waals surface area contributed by atoms with Crippen LogP contribution in [-0.4, -0.2) is 19.7 Å². The third kappa shape index (κ3) is 1.24. The van der Waals surface area contributed by atoms with Gasteiger partial charge in [-0.25, -0.2) is 9.89 Å². The minimum Gasteiger partial charge on any atom is -0.278 e. The molecule has 0 aliphatic heterocycles. The summed E-state index contributed by atoms with van der Waals surface area (Å²) < 4.78 is 1.45. The van der Waals surface area contributed by atoms with Crippen LogP contribution in [-0.2, 0) is 7.05 Å². The highest BCUT2D eigenvalue weighted by atomic mass is 16.1. The monoisotopic (exact) mass is 176 g/mol. The van der Waals surface area contributed by atoms with Crippen LogP contribution in [0.1, 0.15) is 0 Å². The fourth-order valence-corrected chi connectivity index (χ4v) is 1.11. The normalized spacial score (nSPS) is 10.2. The quantitative estimate of drug-likeness (QED) is 0.673. The molecule has 0 amide bonds. The topological polar surface area (TPSA) is 63.6 Å². The molecule has 5 nitrogen and oxygen atoms in total. The fourth-order valence-electron chi connectivity index (χ4n) is 1.11. The first-order chi connectivity index (χ1) is 6.29.